The predicted molar refractivity (Wildman–Crippen MR) is 18.6 cm³/mol. The summed E-state index contributed by atoms with van der Waals surface area (Å²) in [6.07, 6.45) is 0. The fourth-order valence-corrected chi connectivity index (χ4v) is 0. The molecule has 0 rings (SSSR count). The first-order valence-electron chi connectivity index (χ1n) is 0.183. The molecule has 0 fully saturated rings. The molecule has 0 unspecified atom stereocenters. The molecular weight excluding hydrogens is 450 g/mol. The molecule has 0 bridgehead atoms. The molecule has 5 heavy (non-hydrogen) atoms. The Morgan fingerprint density at radius 3 is 1.40 bits per heavy atom. The van der Waals surface area contributed by atoms with E-state index in [1.165, 1.54) is 0 Å². The van der Waals surface area contributed by atoms with Gasteiger partial charge in [0, 0.05) is 35.6 Å². The SMILES string of the molecule is [AlH3].[H-].[H-].[La].[O]=[Ta].[Sr+2]. The van der Waals surface area contributed by atoms with E-state index in [1.54, 1.807) is 0 Å². The first-order valence-corrected chi connectivity index (χ1v) is 1.49. The van der Waals surface area contributed by atoms with Crippen LogP contribution in [0.15, 0.2) is 0 Å². The second-order valence-corrected chi connectivity index (χ2v) is 0. The van der Waals surface area contributed by atoms with Crippen molar-refractivity contribution in [2.24, 2.45) is 0 Å². The minimum absolute atomic E-state index is 0. The maximum Gasteiger partial charge on any atom is 2.00 e. The Morgan fingerprint density at radius 2 is 1.40 bits per heavy atom. The first-order chi connectivity index (χ1) is 1.00. The van der Waals surface area contributed by atoms with E-state index < -0.39 is 0 Å². The van der Waals surface area contributed by atoms with Crippen LogP contribution in [0.2, 0.25) is 0 Å². The van der Waals surface area contributed by atoms with Crippen LogP contribution in [0.4, 0.5) is 0 Å². The van der Waals surface area contributed by atoms with Gasteiger partial charge in [0.1, 0.15) is 0 Å². The fraction of sp³-hybridized carbons (Fsp3) is 0. The van der Waals surface area contributed by atoms with Gasteiger partial charge in [0.15, 0.2) is 17.4 Å². The summed E-state index contributed by atoms with van der Waals surface area (Å²) >= 11 is 0.194. The van der Waals surface area contributed by atoms with Crippen molar-refractivity contribution in [3.8, 4) is 0 Å². The van der Waals surface area contributed by atoms with Gasteiger partial charge in [0.2, 0.25) is 0 Å². The van der Waals surface area contributed by atoms with Crippen molar-refractivity contribution in [3.05, 3.63) is 0 Å². The molecule has 0 saturated carbocycles. The molecule has 0 aromatic carbocycles. The van der Waals surface area contributed by atoms with Gasteiger partial charge in [-0.15, -0.1) is 0 Å². The van der Waals surface area contributed by atoms with Gasteiger partial charge in [-0.05, 0) is 0 Å². The Balaban J connectivity index is -0.000000000500. The standard InChI is InChI=1S/Al.La.O.Sr.Ta.5H/q;;;+2;;;;;2*-1. The molecule has 0 heterocycles. The molecule has 0 amide bonds. The van der Waals surface area contributed by atoms with E-state index in [4.69, 9.17) is 3.25 Å². The normalized spacial score (nSPS) is 0.600. The average molecular weight is 455 g/mol. The minimum atomic E-state index is 0. The summed E-state index contributed by atoms with van der Waals surface area (Å²) in [5.74, 6) is 0. The molecule has 1 radical (unpaired) electrons. The Hall–Kier alpha value is 3.75. The van der Waals surface area contributed by atoms with Crippen LogP contribution in [-0.2, 0) is 24.3 Å². The van der Waals surface area contributed by atoms with Crippen molar-refractivity contribution in [2.75, 3.05) is 0 Å². The quantitative estimate of drug-likeness (QED) is 0.408. The molecular formula is H5AlLaOSrTa. The van der Waals surface area contributed by atoms with Gasteiger partial charge in [-0.1, -0.05) is 0 Å². The third kappa shape index (κ3) is 18.2. The minimum Gasteiger partial charge on any atom is 2.00 e. The van der Waals surface area contributed by atoms with Crippen molar-refractivity contribution in [1.29, 1.82) is 0 Å². The van der Waals surface area contributed by atoms with Crippen LogP contribution in [-0.4, -0.2) is 62.8 Å². The predicted octanol–water partition coefficient (Wildman–Crippen LogP) is -1.46. The van der Waals surface area contributed by atoms with Crippen LogP contribution in [0.5, 0.6) is 0 Å². The van der Waals surface area contributed by atoms with Crippen molar-refractivity contribution >= 4 is 62.8 Å². The zero-order valence-corrected chi connectivity index (χ0v) is 12.5. The van der Waals surface area contributed by atoms with Gasteiger partial charge >= 0.3 is 69.8 Å². The maximum absolute atomic E-state index is 8.36. The smallest absolute Gasteiger partial charge is 2.00 e. The second kappa shape index (κ2) is 25.1. The number of hydrogen-bond donors (Lipinski definition) is 0. The molecule has 0 N–H and O–H groups in total. The molecule has 0 saturated heterocycles. The van der Waals surface area contributed by atoms with E-state index in [1.807, 2.05) is 0 Å². The second-order valence-electron chi connectivity index (χ2n) is 0. The van der Waals surface area contributed by atoms with Gasteiger partial charge < -0.3 is 2.85 Å². The van der Waals surface area contributed by atoms with Gasteiger partial charge in [-0.25, -0.2) is 0 Å². The average Bonchev–Trinajstić information content (AvgIpc) is 1.00. The van der Waals surface area contributed by atoms with Crippen molar-refractivity contribution in [3.63, 3.8) is 0 Å². The van der Waals surface area contributed by atoms with Crippen molar-refractivity contribution in [1.82, 2.24) is 0 Å². The summed E-state index contributed by atoms with van der Waals surface area (Å²) in [5.41, 5.74) is 0. The molecule has 0 aromatic rings. The van der Waals surface area contributed by atoms with E-state index in [-0.39, 0.29) is 122 Å². The van der Waals surface area contributed by atoms with Crippen LogP contribution < -0.4 is 0 Å². The molecule has 0 aliphatic rings. The van der Waals surface area contributed by atoms with E-state index in [0.29, 0.717) is 0 Å². The Kier molecular flexibility index (Phi) is 117. The van der Waals surface area contributed by atoms with Gasteiger partial charge in [-0.3, -0.25) is 0 Å². The molecule has 0 aliphatic carbocycles. The van der Waals surface area contributed by atoms with Crippen molar-refractivity contribution < 1.29 is 62.7 Å². The third-order valence-electron chi connectivity index (χ3n) is 0. The molecule has 1 nitrogen and oxygen atoms in total. The Labute approximate surface area is 122 Å². The zero-order chi connectivity index (χ0) is 2.00. The van der Waals surface area contributed by atoms with Crippen LogP contribution in [0, 0.1) is 35.6 Å². The molecule has 5 heteroatoms. The van der Waals surface area contributed by atoms with E-state index in [2.05, 4.69) is 0 Å². The van der Waals surface area contributed by atoms with Gasteiger partial charge in [-0.2, -0.15) is 0 Å². The van der Waals surface area contributed by atoms with Crippen LogP contribution in [0.1, 0.15) is 2.85 Å². The Morgan fingerprint density at radius 1 is 1.40 bits per heavy atom. The first kappa shape index (κ1) is 23.3. The molecule has 0 atom stereocenters. The van der Waals surface area contributed by atoms with Crippen LogP contribution >= 0.6 is 0 Å². The van der Waals surface area contributed by atoms with Crippen LogP contribution in [0.25, 0.3) is 0 Å². The summed E-state index contributed by atoms with van der Waals surface area (Å²) in [4.78, 5) is 0. The molecule has 0 spiro atoms. The van der Waals surface area contributed by atoms with Crippen LogP contribution in [0.3, 0.4) is 0 Å². The summed E-state index contributed by atoms with van der Waals surface area (Å²) in [5, 5.41) is 0. The molecule has 0 aliphatic heterocycles. The summed E-state index contributed by atoms with van der Waals surface area (Å²) < 4.78 is 8.36. The van der Waals surface area contributed by atoms with Gasteiger partial charge in [0.05, 0.1) is 0 Å². The van der Waals surface area contributed by atoms with Gasteiger partial charge in [0.25, 0.3) is 0 Å². The van der Waals surface area contributed by atoms with E-state index in [9.17, 15) is 0 Å². The number of hydrogen-bond acceptors (Lipinski definition) is 1. The monoisotopic (exact) mass is 456 g/mol. The molecule has 0 aromatic heterocycles. The third-order valence-corrected chi connectivity index (χ3v) is 0. The maximum atomic E-state index is 8.36. The summed E-state index contributed by atoms with van der Waals surface area (Å²) in [6, 6.07) is 0. The van der Waals surface area contributed by atoms with Crippen molar-refractivity contribution in [2.45, 2.75) is 0 Å². The molecule has 24 valence electrons. The largest absolute Gasteiger partial charge is 2.00 e. The fourth-order valence-electron chi connectivity index (χ4n) is 0. The zero-order valence-electron chi connectivity index (χ0n) is 4.14. The van der Waals surface area contributed by atoms with E-state index >= 15 is 0 Å². The Bertz CT molecular complexity index is 17.7. The number of rotatable bonds is 0. The topological polar surface area (TPSA) is 17.1 Å². The summed E-state index contributed by atoms with van der Waals surface area (Å²) in [6.45, 7) is 0. The summed E-state index contributed by atoms with van der Waals surface area (Å²) in [7, 11) is 0. The van der Waals surface area contributed by atoms with E-state index in [0.717, 1.165) is 0 Å².